The number of unbranched alkanes of at least 4 members (excludes halogenated alkanes) is 28. The van der Waals surface area contributed by atoms with Crippen LogP contribution in [0.15, 0.2) is 12.2 Å². The van der Waals surface area contributed by atoms with Gasteiger partial charge in [-0.1, -0.05) is 187 Å². The standard InChI is InChI=1S/C49H93NO7/c1-6-8-10-12-14-16-18-20-22-23-24-25-26-28-29-31-33-35-37-39-47(51)56-44-45(43-55-42-41-46(49(53)54)50(3,4)5)57-48(52)40-38-36-34-32-30-27-21-19-17-15-13-11-9-7-2/h23-24,45-46H,6-22,25-44H2,1-5H3/b24-23+. The molecule has 0 rings (SSSR count). The second kappa shape index (κ2) is 40.8. The largest absolute Gasteiger partial charge is 0.544 e. The molecule has 0 aromatic heterocycles. The van der Waals surface area contributed by atoms with Gasteiger partial charge in [-0.05, 0) is 38.5 Å². The first-order valence-electron chi connectivity index (χ1n) is 24.2. The van der Waals surface area contributed by atoms with Crippen molar-refractivity contribution in [2.45, 2.75) is 244 Å². The Morgan fingerprint density at radius 1 is 0.509 bits per heavy atom. The summed E-state index contributed by atoms with van der Waals surface area (Å²) in [7, 11) is 5.42. The number of ether oxygens (including phenoxy) is 3. The van der Waals surface area contributed by atoms with Crippen molar-refractivity contribution in [1.29, 1.82) is 0 Å². The van der Waals surface area contributed by atoms with Gasteiger partial charge in [-0.15, -0.1) is 0 Å². The predicted molar refractivity (Wildman–Crippen MR) is 236 cm³/mol. The smallest absolute Gasteiger partial charge is 0.306 e. The number of carboxylic acids is 1. The van der Waals surface area contributed by atoms with Crippen molar-refractivity contribution in [1.82, 2.24) is 0 Å². The van der Waals surface area contributed by atoms with Crippen LogP contribution in [0.2, 0.25) is 0 Å². The molecule has 8 nitrogen and oxygen atoms in total. The van der Waals surface area contributed by atoms with E-state index in [1.807, 2.05) is 0 Å². The highest BCUT2D eigenvalue weighted by Gasteiger charge is 2.25. The Balaban J connectivity index is 4.24. The van der Waals surface area contributed by atoms with E-state index in [-0.39, 0.29) is 42.7 Å². The maximum absolute atomic E-state index is 12.7. The van der Waals surface area contributed by atoms with Crippen molar-refractivity contribution in [3.8, 4) is 0 Å². The minimum Gasteiger partial charge on any atom is -0.544 e. The number of esters is 2. The highest BCUT2D eigenvalue weighted by atomic mass is 16.6. The lowest BCUT2D eigenvalue weighted by Crippen LogP contribution is -2.55. The van der Waals surface area contributed by atoms with Crippen LogP contribution in [-0.4, -0.2) is 75.5 Å². The minimum atomic E-state index is -1.12. The average Bonchev–Trinajstić information content (AvgIpc) is 3.17. The molecule has 336 valence electrons. The summed E-state index contributed by atoms with van der Waals surface area (Å²) in [6.45, 7) is 4.69. The average molecular weight is 808 g/mol. The van der Waals surface area contributed by atoms with E-state index in [2.05, 4.69) is 26.0 Å². The van der Waals surface area contributed by atoms with Gasteiger partial charge in [-0.25, -0.2) is 0 Å². The Labute approximate surface area is 352 Å². The summed E-state index contributed by atoms with van der Waals surface area (Å²) in [5.41, 5.74) is 0. The molecule has 8 heteroatoms. The molecule has 0 heterocycles. The zero-order chi connectivity index (χ0) is 42.1. The van der Waals surface area contributed by atoms with Crippen LogP contribution in [0.4, 0.5) is 0 Å². The van der Waals surface area contributed by atoms with Gasteiger partial charge < -0.3 is 28.6 Å². The number of carbonyl (C=O) groups excluding carboxylic acids is 3. The molecule has 0 fully saturated rings. The number of rotatable bonds is 44. The molecule has 2 atom stereocenters. The number of nitrogens with zero attached hydrogens (tertiary/aromatic N) is 1. The fourth-order valence-corrected chi connectivity index (χ4v) is 7.36. The van der Waals surface area contributed by atoms with Crippen LogP contribution in [0.3, 0.4) is 0 Å². The quantitative estimate of drug-likeness (QED) is 0.0261. The molecule has 2 unspecified atom stereocenters. The topological polar surface area (TPSA) is 102 Å². The third-order valence-corrected chi connectivity index (χ3v) is 11.2. The first-order chi connectivity index (χ1) is 27.6. The highest BCUT2D eigenvalue weighted by molar-refractivity contribution is 5.70. The number of carbonyl (C=O) groups is 3. The maximum Gasteiger partial charge on any atom is 0.306 e. The van der Waals surface area contributed by atoms with E-state index in [1.165, 1.54) is 161 Å². The van der Waals surface area contributed by atoms with Gasteiger partial charge in [-0.2, -0.15) is 0 Å². The van der Waals surface area contributed by atoms with Crippen molar-refractivity contribution in [3.63, 3.8) is 0 Å². The van der Waals surface area contributed by atoms with E-state index in [0.29, 0.717) is 12.8 Å². The summed E-state index contributed by atoms with van der Waals surface area (Å²) in [5.74, 6) is -1.72. The van der Waals surface area contributed by atoms with Crippen LogP contribution in [0.5, 0.6) is 0 Å². The molecular formula is C49H93NO7. The summed E-state index contributed by atoms with van der Waals surface area (Å²) in [4.78, 5) is 36.9. The third kappa shape index (κ3) is 39.3. The number of hydrogen-bond acceptors (Lipinski definition) is 7. The lowest BCUT2D eigenvalue weighted by atomic mass is 10.0. The van der Waals surface area contributed by atoms with E-state index < -0.39 is 18.1 Å². The maximum atomic E-state index is 12.7. The van der Waals surface area contributed by atoms with Gasteiger partial charge >= 0.3 is 11.9 Å². The number of carboxylic acid groups (broad SMARTS) is 1. The van der Waals surface area contributed by atoms with Crippen molar-refractivity contribution in [2.24, 2.45) is 0 Å². The molecule has 0 amide bonds. The first-order valence-corrected chi connectivity index (χ1v) is 24.2. The Morgan fingerprint density at radius 3 is 1.26 bits per heavy atom. The van der Waals surface area contributed by atoms with E-state index >= 15 is 0 Å². The molecule has 0 aliphatic heterocycles. The minimum absolute atomic E-state index is 0.0454. The summed E-state index contributed by atoms with van der Waals surface area (Å²) >= 11 is 0. The SMILES string of the molecule is CCCCCCCCCC/C=C/CCCCCCCCCC(=O)OCC(COCCC(C(=O)[O-])[N+](C)(C)C)OC(=O)CCCCCCCCCCCCCCCC. The molecule has 0 radical (unpaired) electrons. The summed E-state index contributed by atoms with van der Waals surface area (Å²) in [5, 5.41) is 11.6. The fraction of sp³-hybridized carbons (Fsp3) is 0.898. The van der Waals surface area contributed by atoms with Gasteiger partial charge in [0.05, 0.1) is 40.3 Å². The molecule has 0 aliphatic carbocycles. The first kappa shape index (κ1) is 55.1. The lowest BCUT2D eigenvalue weighted by Gasteiger charge is -2.34. The van der Waals surface area contributed by atoms with Crippen LogP contribution in [0.25, 0.3) is 0 Å². The van der Waals surface area contributed by atoms with Crippen molar-refractivity contribution in [3.05, 3.63) is 12.2 Å². The zero-order valence-electron chi connectivity index (χ0n) is 38.3. The molecule has 0 saturated carbocycles. The van der Waals surface area contributed by atoms with Gasteiger partial charge in [-0.3, -0.25) is 9.59 Å². The highest BCUT2D eigenvalue weighted by Crippen LogP contribution is 2.16. The van der Waals surface area contributed by atoms with Crippen LogP contribution < -0.4 is 5.11 Å². The zero-order valence-corrected chi connectivity index (χ0v) is 38.3. The Morgan fingerprint density at radius 2 is 0.877 bits per heavy atom. The molecule has 0 N–H and O–H groups in total. The second-order valence-corrected chi connectivity index (χ2v) is 17.7. The fourth-order valence-electron chi connectivity index (χ4n) is 7.36. The molecule has 0 aromatic carbocycles. The Bertz CT molecular complexity index is 947. The monoisotopic (exact) mass is 808 g/mol. The van der Waals surface area contributed by atoms with E-state index in [4.69, 9.17) is 14.2 Å². The molecule has 0 saturated heterocycles. The summed E-state index contributed by atoms with van der Waals surface area (Å²) in [6.07, 6.45) is 43.7. The molecule has 0 aromatic rings. The predicted octanol–water partition coefficient (Wildman–Crippen LogP) is 12.1. The van der Waals surface area contributed by atoms with Gasteiger partial charge in [0.2, 0.25) is 0 Å². The number of likely N-dealkylation sites (N-methyl/N-ethyl adjacent to an activating group) is 1. The summed E-state index contributed by atoms with van der Waals surface area (Å²) < 4.78 is 17.2. The Hall–Kier alpha value is -1.93. The Kier molecular flexibility index (Phi) is 39.4. The lowest BCUT2D eigenvalue weighted by molar-refractivity contribution is -0.889. The third-order valence-electron chi connectivity index (χ3n) is 11.2. The molecule has 0 spiro atoms. The van der Waals surface area contributed by atoms with Gasteiger partial charge in [0.15, 0.2) is 6.10 Å². The molecule has 57 heavy (non-hydrogen) atoms. The number of aliphatic carboxylic acids is 1. The number of quaternary nitrogens is 1. The number of hydrogen-bond donors (Lipinski definition) is 0. The van der Waals surface area contributed by atoms with Crippen LogP contribution in [0.1, 0.15) is 232 Å². The van der Waals surface area contributed by atoms with E-state index in [9.17, 15) is 19.5 Å². The number of allylic oxidation sites excluding steroid dienone is 2. The van der Waals surface area contributed by atoms with Gasteiger partial charge in [0.25, 0.3) is 0 Å². The normalized spacial score (nSPS) is 12.9. The van der Waals surface area contributed by atoms with E-state index in [1.54, 1.807) is 21.1 Å². The van der Waals surface area contributed by atoms with Crippen molar-refractivity contribution in [2.75, 3.05) is 41.0 Å². The van der Waals surface area contributed by atoms with E-state index in [0.717, 1.165) is 38.5 Å². The second-order valence-electron chi connectivity index (χ2n) is 17.7. The molecule has 0 aliphatic rings. The van der Waals surface area contributed by atoms with Crippen LogP contribution >= 0.6 is 0 Å². The van der Waals surface area contributed by atoms with Crippen molar-refractivity contribution < 1.29 is 38.2 Å². The van der Waals surface area contributed by atoms with Crippen molar-refractivity contribution >= 4 is 17.9 Å². The van der Waals surface area contributed by atoms with Crippen LogP contribution in [0, 0.1) is 0 Å². The molecule has 0 bridgehead atoms. The van der Waals surface area contributed by atoms with Gasteiger partial charge in [0, 0.05) is 19.3 Å². The summed E-state index contributed by atoms with van der Waals surface area (Å²) in [6, 6.07) is -0.722. The molecular weight excluding hydrogens is 715 g/mol. The van der Waals surface area contributed by atoms with Gasteiger partial charge in [0.1, 0.15) is 12.6 Å². The van der Waals surface area contributed by atoms with Crippen LogP contribution in [-0.2, 0) is 28.6 Å².